The number of hydrogen-bond acceptors (Lipinski definition) is 7. The maximum Gasteiger partial charge on any atom is 0.255 e. The summed E-state index contributed by atoms with van der Waals surface area (Å²) in [5, 5.41) is 13.7. The van der Waals surface area contributed by atoms with Crippen LogP contribution in [0.5, 0.6) is 0 Å². The summed E-state index contributed by atoms with van der Waals surface area (Å²) in [5.41, 5.74) is 6.04. The summed E-state index contributed by atoms with van der Waals surface area (Å²) in [6.07, 6.45) is 3.71. The minimum atomic E-state index is -0.689. The number of H-pyrrole nitrogens is 1. The summed E-state index contributed by atoms with van der Waals surface area (Å²) in [5.74, 6) is 0.269. The second-order valence-corrected chi connectivity index (χ2v) is 10.4. The molecule has 0 spiro atoms. The van der Waals surface area contributed by atoms with E-state index in [-0.39, 0.29) is 24.3 Å². The van der Waals surface area contributed by atoms with Gasteiger partial charge < -0.3 is 20.3 Å². The topological polar surface area (TPSA) is 123 Å². The number of carbonyl (C=O) groups is 3. The zero-order valence-electron chi connectivity index (χ0n) is 22.2. The molecule has 2 aromatic heterocycles. The van der Waals surface area contributed by atoms with Crippen molar-refractivity contribution in [1.29, 1.82) is 0 Å². The Hall–Kier alpha value is -3.79. The average Bonchev–Trinajstić information content (AvgIpc) is 3.64. The Bertz CT molecular complexity index is 1360. The van der Waals surface area contributed by atoms with E-state index in [0.29, 0.717) is 18.5 Å². The lowest BCUT2D eigenvalue weighted by Gasteiger charge is -2.25. The third-order valence-corrected chi connectivity index (χ3v) is 7.34. The van der Waals surface area contributed by atoms with Crippen LogP contribution < -0.4 is 10.6 Å². The largest absolute Gasteiger partial charge is 0.365 e. The summed E-state index contributed by atoms with van der Waals surface area (Å²) in [6.45, 7) is 7.43. The Labute approximate surface area is 222 Å². The molecule has 3 N–H and O–H groups in total. The van der Waals surface area contributed by atoms with Gasteiger partial charge in [-0.15, -0.1) is 0 Å². The molecule has 0 bridgehead atoms. The molecule has 0 aliphatic carbocycles. The van der Waals surface area contributed by atoms with Crippen LogP contribution in [0.1, 0.15) is 61.0 Å². The van der Waals surface area contributed by atoms with E-state index in [4.69, 9.17) is 4.98 Å². The molecule has 1 saturated heterocycles. The van der Waals surface area contributed by atoms with Gasteiger partial charge in [0.25, 0.3) is 5.91 Å². The Kier molecular flexibility index (Phi) is 7.42. The van der Waals surface area contributed by atoms with E-state index in [0.717, 1.165) is 65.2 Å². The van der Waals surface area contributed by atoms with Gasteiger partial charge in [-0.05, 0) is 75.5 Å². The SMILES string of the molecule is CNC(=O)C(CCC=O)N1Cc2cc(-c3cc(CN4CCCC4)c4[nH]nc(NC(C)C)c4n3)ccc2C1=O. The molecule has 1 atom stereocenters. The molecule has 10 nitrogen and oxygen atoms in total. The first kappa shape index (κ1) is 25.8. The van der Waals surface area contributed by atoms with Crippen LogP contribution >= 0.6 is 0 Å². The fourth-order valence-electron chi connectivity index (χ4n) is 5.46. The number of aromatic amines is 1. The number of rotatable bonds is 10. The van der Waals surface area contributed by atoms with E-state index in [9.17, 15) is 14.4 Å². The molecule has 4 heterocycles. The summed E-state index contributed by atoms with van der Waals surface area (Å²) >= 11 is 0. The van der Waals surface area contributed by atoms with E-state index in [1.165, 1.54) is 12.8 Å². The Morgan fingerprint density at radius 1 is 1.21 bits per heavy atom. The van der Waals surface area contributed by atoms with Crippen molar-refractivity contribution in [3.8, 4) is 11.3 Å². The number of nitrogens with zero attached hydrogens (tertiary/aromatic N) is 4. The molecule has 38 heavy (non-hydrogen) atoms. The van der Waals surface area contributed by atoms with Gasteiger partial charge in [-0.1, -0.05) is 6.07 Å². The van der Waals surface area contributed by atoms with Gasteiger partial charge in [-0.2, -0.15) is 5.10 Å². The second kappa shape index (κ2) is 10.9. The summed E-state index contributed by atoms with van der Waals surface area (Å²) in [6, 6.07) is 7.37. The molecule has 10 heteroatoms. The number of likely N-dealkylation sites (tertiary alicyclic amines) is 1. The van der Waals surface area contributed by atoms with E-state index < -0.39 is 6.04 Å². The molecule has 0 saturated carbocycles. The van der Waals surface area contributed by atoms with Gasteiger partial charge in [-0.3, -0.25) is 19.6 Å². The molecule has 0 radical (unpaired) electrons. The fourth-order valence-corrected chi connectivity index (χ4v) is 5.46. The predicted octanol–water partition coefficient (Wildman–Crippen LogP) is 3.09. The molecule has 1 unspecified atom stereocenters. The van der Waals surface area contributed by atoms with Gasteiger partial charge in [0.2, 0.25) is 5.91 Å². The number of anilines is 1. The highest BCUT2D eigenvalue weighted by Crippen LogP contribution is 2.33. The standard InChI is InChI=1S/C28H35N7O3/c1-17(2)30-26-25-24(32-33-26)20(15-34-10-4-5-11-34)14-22(31-25)18-8-9-21-19(13-18)16-35(28(21)38)23(7-6-12-36)27(37)29-3/h8-9,12-14,17,23H,4-7,10-11,15-16H2,1-3H3,(H,29,37)(H2,30,32,33). The summed E-state index contributed by atoms with van der Waals surface area (Å²) in [7, 11) is 1.54. The highest BCUT2D eigenvalue weighted by Gasteiger charge is 2.36. The number of benzene rings is 1. The summed E-state index contributed by atoms with van der Waals surface area (Å²) in [4.78, 5) is 45.7. The normalized spacial score (nSPS) is 16.3. The maximum absolute atomic E-state index is 13.2. The number of hydrogen-bond donors (Lipinski definition) is 3. The Morgan fingerprint density at radius 3 is 2.71 bits per heavy atom. The minimum Gasteiger partial charge on any atom is -0.365 e. The third-order valence-electron chi connectivity index (χ3n) is 7.34. The first-order valence-corrected chi connectivity index (χ1v) is 13.4. The van der Waals surface area contributed by atoms with E-state index in [1.54, 1.807) is 11.9 Å². The fraction of sp³-hybridized carbons (Fsp3) is 0.464. The van der Waals surface area contributed by atoms with Gasteiger partial charge in [0.1, 0.15) is 17.8 Å². The number of nitrogens with one attached hydrogen (secondary N) is 3. The van der Waals surface area contributed by atoms with Crippen molar-refractivity contribution < 1.29 is 14.4 Å². The first-order valence-electron chi connectivity index (χ1n) is 13.4. The van der Waals surface area contributed by atoms with Crippen molar-refractivity contribution in [3.05, 3.63) is 41.0 Å². The van der Waals surface area contributed by atoms with Crippen LogP contribution in [-0.4, -0.2) is 75.3 Å². The molecule has 2 aliphatic heterocycles. The van der Waals surface area contributed by atoms with Gasteiger partial charge >= 0.3 is 0 Å². The van der Waals surface area contributed by atoms with Gasteiger partial charge in [0, 0.05) is 43.7 Å². The lowest BCUT2D eigenvalue weighted by Crippen LogP contribution is -2.46. The van der Waals surface area contributed by atoms with Gasteiger partial charge in [0.05, 0.1) is 11.2 Å². The van der Waals surface area contributed by atoms with Crippen LogP contribution in [0, 0.1) is 0 Å². The quantitative estimate of drug-likeness (QED) is 0.353. The lowest BCUT2D eigenvalue weighted by molar-refractivity contribution is -0.125. The number of aldehydes is 1. The highest BCUT2D eigenvalue weighted by atomic mass is 16.2. The highest BCUT2D eigenvalue weighted by molar-refractivity contribution is 6.01. The van der Waals surface area contributed by atoms with Crippen molar-refractivity contribution in [1.82, 2.24) is 30.3 Å². The summed E-state index contributed by atoms with van der Waals surface area (Å²) < 4.78 is 0. The molecule has 2 aliphatic rings. The monoisotopic (exact) mass is 517 g/mol. The zero-order valence-corrected chi connectivity index (χ0v) is 22.2. The first-order chi connectivity index (χ1) is 18.4. The number of likely N-dealkylation sites (N-methyl/N-ethyl adjacent to an activating group) is 1. The van der Waals surface area contributed by atoms with E-state index >= 15 is 0 Å². The van der Waals surface area contributed by atoms with Crippen LogP contribution in [0.15, 0.2) is 24.3 Å². The maximum atomic E-state index is 13.2. The number of amides is 2. The molecule has 2 amide bonds. The zero-order chi connectivity index (χ0) is 26.8. The molecule has 5 rings (SSSR count). The molecular formula is C28H35N7O3. The minimum absolute atomic E-state index is 0.192. The predicted molar refractivity (Wildman–Crippen MR) is 146 cm³/mol. The van der Waals surface area contributed by atoms with Crippen LogP contribution in [-0.2, 0) is 22.7 Å². The number of aromatic nitrogens is 3. The van der Waals surface area contributed by atoms with Crippen LogP contribution in [0.25, 0.3) is 22.3 Å². The Balaban J connectivity index is 1.51. The number of pyridine rings is 1. The van der Waals surface area contributed by atoms with Crippen molar-refractivity contribution in [2.24, 2.45) is 0 Å². The molecule has 1 fully saturated rings. The molecule has 200 valence electrons. The van der Waals surface area contributed by atoms with Gasteiger partial charge in [-0.25, -0.2) is 4.98 Å². The van der Waals surface area contributed by atoms with E-state index in [2.05, 4.69) is 45.6 Å². The van der Waals surface area contributed by atoms with E-state index in [1.807, 2.05) is 18.2 Å². The lowest BCUT2D eigenvalue weighted by atomic mass is 10.0. The molecular weight excluding hydrogens is 482 g/mol. The number of fused-ring (bicyclic) bond motifs is 2. The van der Waals surface area contributed by atoms with Crippen LogP contribution in [0.2, 0.25) is 0 Å². The second-order valence-electron chi connectivity index (χ2n) is 10.4. The molecule has 3 aromatic rings. The van der Waals surface area contributed by atoms with Gasteiger partial charge in [0.15, 0.2) is 5.82 Å². The number of carbonyl (C=O) groups excluding carboxylic acids is 3. The Morgan fingerprint density at radius 2 is 2.00 bits per heavy atom. The third kappa shape index (κ3) is 5.00. The van der Waals surface area contributed by atoms with Crippen molar-refractivity contribution in [2.45, 2.75) is 64.7 Å². The smallest absolute Gasteiger partial charge is 0.255 e. The average molecular weight is 518 g/mol. The van der Waals surface area contributed by atoms with Crippen molar-refractivity contribution >= 4 is 35.0 Å². The van der Waals surface area contributed by atoms with Crippen molar-refractivity contribution in [3.63, 3.8) is 0 Å². The van der Waals surface area contributed by atoms with Crippen molar-refractivity contribution in [2.75, 3.05) is 25.5 Å². The molecule has 1 aromatic carbocycles. The van der Waals surface area contributed by atoms with Crippen LogP contribution in [0.4, 0.5) is 5.82 Å². The van der Waals surface area contributed by atoms with Crippen LogP contribution in [0.3, 0.4) is 0 Å².